The monoisotopic (exact) mass is 395 g/mol. The third-order valence-electron chi connectivity index (χ3n) is 3.85. The Morgan fingerprint density at radius 1 is 1.14 bits per heavy atom. The summed E-state index contributed by atoms with van der Waals surface area (Å²) in [4.78, 5) is 11.4. The zero-order chi connectivity index (χ0) is 19.9. The summed E-state index contributed by atoms with van der Waals surface area (Å²) in [7, 11) is 0. The fraction of sp³-hybridized carbons (Fsp3) is 0.190. The Kier molecular flexibility index (Phi) is 6.49. The van der Waals surface area contributed by atoms with Crippen molar-refractivity contribution < 1.29 is 19.1 Å². The van der Waals surface area contributed by atoms with Crippen LogP contribution < -0.4 is 9.84 Å². The van der Waals surface area contributed by atoms with Crippen molar-refractivity contribution in [2.24, 2.45) is 0 Å². The van der Waals surface area contributed by atoms with Crippen LogP contribution in [0.5, 0.6) is 5.75 Å². The fourth-order valence-corrected chi connectivity index (χ4v) is 3.00. The molecular weight excluding hydrogens is 376 g/mol. The quantitative estimate of drug-likeness (QED) is 0.427. The van der Waals surface area contributed by atoms with Gasteiger partial charge < -0.3 is 19.1 Å². The molecule has 0 aliphatic rings. The van der Waals surface area contributed by atoms with Gasteiger partial charge in [0.25, 0.3) is 5.22 Å². The molecule has 1 aromatic heterocycles. The van der Waals surface area contributed by atoms with E-state index in [-0.39, 0.29) is 10.1 Å². The van der Waals surface area contributed by atoms with Gasteiger partial charge in [-0.1, -0.05) is 48.9 Å². The summed E-state index contributed by atoms with van der Waals surface area (Å²) in [6, 6.07) is 15.3. The summed E-state index contributed by atoms with van der Waals surface area (Å²) >= 11 is 0.868. The molecule has 0 bridgehead atoms. The van der Waals surface area contributed by atoms with Crippen LogP contribution in [0.3, 0.4) is 0 Å². The van der Waals surface area contributed by atoms with Gasteiger partial charge >= 0.3 is 0 Å². The minimum atomic E-state index is -1.30. The van der Waals surface area contributed by atoms with Crippen LogP contribution in [-0.2, 0) is 17.8 Å². The number of carboxylic acid groups (broad SMARTS) is 1. The van der Waals surface area contributed by atoms with Gasteiger partial charge in [-0.25, -0.2) is 0 Å². The summed E-state index contributed by atoms with van der Waals surface area (Å²) in [6.07, 6.45) is 2.08. The van der Waals surface area contributed by atoms with Crippen LogP contribution in [0, 0.1) is 6.92 Å². The Morgan fingerprint density at radius 3 is 2.46 bits per heavy atom. The molecule has 0 saturated carbocycles. The zero-order valence-electron chi connectivity index (χ0n) is 15.5. The highest BCUT2D eigenvalue weighted by Gasteiger charge is 2.10. The predicted molar refractivity (Wildman–Crippen MR) is 104 cm³/mol. The lowest BCUT2D eigenvalue weighted by Gasteiger charge is -2.08. The van der Waals surface area contributed by atoms with Crippen LogP contribution >= 0.6 is 11.8 Å². The number of nitrogens with zero attached hydrogens (tertiary/aromatic N) is 2. The van der Waals surface area contributed by atoms with Gasteiger partial charge in [-0.2, -0.15) is 0 Å². The second kappa shape index (κ2) is 9.23. The highest BCUT2D eigenvalue weighted by Crippen LogP contribution is 2.27. The highest BCUT2D eigenvalue weighted by atomic mass is 32.2. The van der Waals surface area contributed by atoms with Gasteiger partial charge in [-0.05, 0) is 48.0 Å². The van der Waals surface area contributed by atoms with E-state index >= 15 is 0 Å². The van der Waals surface area contributed by atoms with Crippen molar-refractivity contribution in [3.63, 3.8) is 0 Å². The van der Waals surface area contributed by atoms with E-state index in [0.717, 1.165) is 17.3 Å². The lowest BCUT2D eigenvalue weighted by Crippen LogP contribution is -2.23. The average Bonchev–Trinajstić information content (AvgIpc) is 3.16. The topological polar surface area (TPSA) is 88.3 Å². The van der Waals surface area contributed by atoms with E-state index < -0.39 is 5.97 Å². The third kappa shape index (κ3) is 5.47. The van der Waals surface area contributed by atoms with E-state index in [1.165, 1.54) is 11.6 Å². The maximum Gasteiger partial charge on any atom is 0.281 e. The molecular formula is C21H19N2O4S-. The Bertz CT molecular complexity index is 963. The third-order valence-corrected chi connectivity index (χ3v) is 4.70. The Labute approximate surface area is 167 Å². The normalized spacial score (nSPS) is 11.4. The van der Waals surface area contributed by atoms with Gasteiger partial charge in [0.1, 0.15) is 12.4 Å². The number of carbonyl (C=O) groups is 1. The molecule has 1 heterocycles. The van der Waals surface area contributed by atoms with Gasteiger partial charge in [-0.15, -0.1) is 10.2 Å². The van der Waals surface area contributed by atoms with Gasteiger partial charge in [-0.3, -0.25) is 0 Å². The SMILES string of the molecule is CCc1nnc(S/C(=C\c2ccc(OCc3ccc(C)cc3)cc2)C(=O)[O-])o1. The second-order valence-electron chi connectivity index (χ2n) is 6.06. The number of ether oxygens (including phenoxy) is 1. The molecule has 7 heteroatoms. The van der Waals surface area contributed by atoms with E-state index in [4.69, 9.17) is 9.15 Å². The first-order chi connectivity index (χ1) is 13.5. The van der Waals surface area contributed by atoms with Crippen LogP contribution in [0.4, 0.5) is 0 Å². The van der Waals surface area contributed by atoms with Crippen molar-refractivity contribution >= 4 is 23.8 Å². The van der Waals surface area contributed by atoms with E-state index in [0.29, 0.717) is 30.2 Å². The first kappa shape index (κ1) is 19.7. The largest absolute Gasteiger partial charge is 0.544 e. The summed E-state index contributed by atoms with van der Waals surface area (Å²) in [5.41, 5.74) is 2.98. The van der Waals surface area contributed by atoms with E-state index in [1.807, 2.05) is 38.1 Å². The van der Waals surface area contributed by atoms with Crippen LogP contribution in [-0.4, -0.2) is 16.2 Å². The summed E-state index contributed by atoms with van der Waals surface area (Å²) in [5, 5.41) is 19.2. The number of aliphatic carboxylic acids is 1. The molecule has 3 rings (SSSR count). The van der Waals surface area contributed by atoms with Crippen LogP contribution in [0.1, 0.15) is 29.5 Å². The fourth-order valence-electron chi connectivity index (χ4n) is 2.31. The van der Waals surface area contributed by atoms with Crippen LogP contribution in [0.15, 0.2) is 63.1 Å². The standard InChI is InChI=1S/C21H20N2O4S/c1-3-19-22-23-21(27-19)28-18(20(24)25)12-15-8-10-17(11-9-15)26-13-16-6-4-14(2)5-7-16/h4-12H,3,13H2,1-2H3,(H,24,25)/p-1/b18-12-. The maximum absolute atomic E-state index is 11.4. The van der Waals surface area contributed by atoms with E-state index in [9.17, 15) is 9.90 Å². The smallest absolute Gasteiger partial charge is 0.281 e. The Balaban J connectivity index is 1.66. The summed E-state index contributed by atoms with van der Waals surface area (Å²) < 4.78 is 11.1. The van der Waals surface area contributed by atoms with Gasteiger partial charge in [0.15, 0.2) is 0 Å². The number of aryl methyl sites for hydroxylation is 2. The minimum Gasteiger partial charge on any atom is -0.544 e. The number of carboxylic acids is 1. The second-order valence-corrected chi connectivity index (χ2v) is 7.05. The number of aromatic nitrogens is 2. The molecule has 0 aliphatic heterocycles. The van der Waals surface area contributed by atoms with Crippen molar-refractivity contribution in [3.05, 3.63) is 76.0 Å². The molecule has 3 aromatic rings. The maximum atomic E-state index is 11.4. The lowest BCUT2D eigenvalue weighted by molar-refractivity contribution is -0.298. The first-order valence-electron chi connectivity index (χ1n) is 8.75. The number of benzene rings is 2. The Morgan fingerprint density at radius 2 is 1.86 bits per heavy atom. The zero-order valence-corrected chi connectivity index (χ0v) is 16.4. The molecule has 28 heavy (non-hydrogen) atoms. The minimum absolute atomic E-state index is 0.0142. The number of hydrogen-bond donors (Lipinski definition) is 0. The Hall–Kier alpha value is -3.06. The van der Waals surface area contributed by atoms with Crippen LogP contribution in [0.2, 0.25) is 0 Å². The highest BCUT2D eigenvalue weighted by molar-refractivity contribution is 8.03. The van der Waals surface area contributed by atoms with Crippen molar-refractivity contribution in [1.82, 2.24) is 10.2 Å². The number of rotatable bonds is 8. The average molecular weight is 395 g/mol. The summed E-state index contributed by atoms with van der Waals surface area (Å²) in [5.74, 6) is -0.152. The molecule has 0 amide bonds. The summed E-state index contributed by atoms with van der Waals surface area (Å²) in [6.45, 7) is 4.38. The molecule has 0 radical (unpaired) electrons. The molecule has 0 spiro atoms. The first-order valence-corrected chi connectivity index (χ1v) is 9.57. The molecule has 0 atom stereocenters. The molecule has 0 fully saturated rings. The van der Waals surface area contributed by atoms with E-state index in [2.05, 4.69) is 10.2 Å². The molecule has 0 saturated heterocycles. The van der Waals surface area contributed by atoms with E-state index in [1.54, 1.807) is 24.3 Å². The molecule has 0 unspecified atom stereocenters. The number of hydrogen-bond acceptors (Lipinski definition) is 7. The van der Waals surface area contributed by atoms with Crippen molar-refractivity contribution in [2.45, 2.75) is 32.1 Å². The number of carbonyl (C=O) groups excluding carboxylic acids is 1. The predicted octanol–water partition coefficient (Wildman–Crippen LogP) is 3.40. The van der Waals surface area contributed by atoms with Gasteiger partial charge in [0.05, 0.1) is 5.97 Å². The molecule has 2 aromatic carbocycles. The van der Waals surface area contributed by atoms with Gasteiger partial charge in [0, 0.05) is 11.3 Å². The van der Waals surface area contributed by atoms with Gasteiger partial charge in [0.2, 0.25) is 5.89 Å². The molecule has 0 aliphatic carbocycles. The number of thioether (sulfide) groups is 1. The molecule has 0 N–H and O–H groups in total. The van der Waals surface area contributed by atoms with Crippen molar-refractivity contribution in [3.8, 4) is 5.75 Å². The molecule has 144 valence electrons. The lowest BCUT2D eigenvalue weighted by atomic mass is 10.1. The molecule has 6 nitrogen and oxygen atoms in total. The van der Waals surface area contributed by atoms with Crippen molar-refractivity contribution in [1.29, 1.82) is 0 Å². The van der Waals surface area contributed by atoms with Crippen LogP contribution in [0.25, 0.3) is 6.08 Å². The van der Waals surface area contributed by atoms with Crippen molar-refractivity contribution in [2.75, 3.05) is 0 Å².